The first-order valence-electron chi connectivity index (χ1n) is 5.92. The molecule has 0 aliphatic carbocycles. The monoisotopic (exact) mass is 245 g/mol. The lowest BCUT2D eigenvalue weighted by Gasteiger charge is -2.13. The Morgan fingerprint density at radius 1 is 1.00 bits per heavy atom. The largest absolute Gasteiger partial charge is 0.312 e. The van der Waals surface area contributed by atoms with Gasteiger partial charge < -0.3 is 5.32 Å². The van der Waals surface area contributed by atoms with Crippen LogP contribution in [0.3, 0.4) is 0 Å². The Hall–Kier alpha value is -1.03. The van der Waals surface area contributed by atoms with E-state index in [1.165, 1.54) is 0 Å². The minimum Gasteiger partial charge on any atom is -0.312 e. The maximum atomic E-state index is 13.3. The molecule has 0 aliphatic rings. The van der Waals surface area contributed by atoms with Gasteiger partial charge in [-0.1, -0.05) is 26.7 Å². The van der Waals surface area contributed by atoms with Crippen LogP contribution in [0.25, 0.3) is 0 Å². The van der Waals surface area contributed by atoms with Gasteiger partial charge in [-0.05, 0) is 18.5 Å². The third-order valence-corrected chi connectivity index (χ3v) is 2.99. The van der Waals surface area contributed by atoms with Crippen molar-refractivity contribution < 1.29 is 13.2 Å². The molecule has 0 fully saturated rings. The number of nitrogens with one attached hydrogen (secondary N) is 1. The summed E-state index contributed by atoms with van der Waals surface area (Å²) in [6.07, 6.45) is 2.09. The van der Waals surface area contributed by atoms with E-state index in [1.54, 1.807) is 0 Å². The van der Waals surface area contributed by atoms with Crippen molar-refractivity contribution >= 4 is 0 Å². The van der Waals surface area contributed by atoms with Crippen LogP contribution < -0.4 is 5.32 Å². The summed E-state index contributed by atoms with van der Waals surface area (Å²) in [6.45, 7) is 5.16. The van der Waals surface area contributed by atoms with Crippen LogP contribution in [0.5, 0.6) is 0 Å². The van der Waals surface area contributed by atoms with E-state index in [9.17, 15) is 13.2 Å². The summed E-state index contributed by atoms with van der Waals surface area (Å²) in [4.78, 5) is 0. The molecule has 1 nitrogen and oxygen atoms in total. The van der Waals surface area contributed by atoms with Gasteiger partial charge in [0.05, 0.1) is 0 Å². The van der Waals surface area contributed by atoms with E-state index in [-0.39, 0.29) is 12.1 Å². The third kappa shape index (κ3) is 4.04. The van der Waals surface area contributed by atoms with Crippen LogP contribution in [-0.2, 0) is 6.54 Å². The van der Waals surface area contributed by atoms with E-state index in [0.717, 1.165) is 25.5 Å². The molecule has 1 N–H and O–H groups in total. The van der Waals surface area contributed by atoms with Crippen molar-refractivity contribution in [2.75, 3.05) is 6.54 Å². The van der Waals surface area contributed by atoms with Crippen LogP contribution >= 0.6 is 0 Å². The molecule has 0 unspecified atom stereocenters. The molecule has 4 heteroatoms. The molecule has 0 bridgehead atoms. The number of benzene rings is 1. The predicted molar refractivity (Wildman–Crippen MR) is 62.1 cm³/mol. The lowest BCUT2D eigenvalue weighted by atomic mass is 10.0. The second kappa shape index (κ2) is 6.64. The Bertz CT molecular complexity index is 362. The topological polar surface area (TPSA) is 12.0 Å². The van der Waals surface area contributed by atoms with Gasteiger partial charge in [0.15, 0.2) is 11.6 Å². The van der Waals surface area contributed by atoms with Crippen molar-refractivity contribution in [1.29, 1.82) is 0 Å². The van der Waals surface area contributed by atoms with Crippen molar-refractivity contribution in [3.63, 3.8) is 0 Å². The molecule has 0 aliphatic heterocycles. The molecule has 0 spiro atoms. The predicted octanol–water partition coefficient (Wildman–Crippen LogP) is 3.63. The van der Waals surface area contributed by atoms with Gasteiger partial charge in [0.1, 0.15) is 5.82 Å². The highest BCUT2D eigenvalue weighted by atomic mass is 19.2. The van der Waals surface area contributed by atoms with Gasteiger partial charge >= 0.3 is 0 Å². The molecule has 0 atom stereocenters. The van der Waals surface area contributed by atoms with Crippen LogP contribution in [0.4, 0.5) is 13.2 Å². The summed E-state index contributed by atoms with van der Waals surface area (Å²) in [5.41, 5.74) is 0.162. The minimum atomic E-state index is -1.15. The number of hydrogen-bond donors (Lipinski definition) is 1. The molecule has 0 saturated carbocycles. The summed E-state index contributed by atoms with van der Waals surface area (Å²) in [5.74, 6) is -2.33. The number of hydrogen-bond acceptors (Lipinski definition) is 1. The highest BCUT2D eigenvalue weighted by molar-refractivity contribution is 5.19. The standard InChI is InChI=1S/C13H18F3N/c1-3-9(4-2)7-17-8-10-5-12(15)13(16)6-11(10)14/h5-6,9,17H,3-4,7-8H2,1-2H3. The molecule has 17 heavy (non-hydrogen) atoms. The van der Waals surface area contributed by atoms with E-state index in [0.29, 0.717) is 12.0 Å². The minimum absolute atomic E-state index is 0.162. The van der Waals surface area contributed by atoms with E-state index in [2.05, 4.69) is 19.2 Å². The Labute approximate surface area is 100 Å². The van der Waals surface area contributed by atoms with Gasteiger partial charge in [-0.15, -0.1) is 0 Å². The van der Waals surface area contributed by atoms with E-state index >= 15 is 0 Å². The van der Waals surface area contributed by atoms with Crippen LogP contribution in [0.2, 0.25) is 0 Å². The van der Waals surface area contributed by atoms with Crippen LogP contribution in [0.15, 0.2) is 12.1 Å². The number of halogens is 3. The van der Waals surface area contributed by atoms with Gasteiger partial charge in [0.25, 0.3) is 0 Å². The first kappa shape index (κ1) is 14.0. The smallest absolute Gasteiger partial charge is 0.161 e. The maximum absolute atomic E-state index is 13.3. The van der Waals surface area contributed by atoms with Crippen molar-refractivity contribution in [3.8, 4) is 0 Å². The van der Waals surface area contributed by atoms with Gasteiger partial charge in [-0.3, -0.25) is 0 Å². The van der Waals surface area contributed by atoms with Crippen LogP contribution in [0.1, 0.15) is 32.3 Å². The highest BCUT2D eigenvalue weighted by Crippen LogP contribution is 2.14. The van der Waals surface area contributed by atoms with Crippen molar-refractivity contribution in [3.05, 3.63) is 35.1 Å². The van der Waals surface area contributed by atoms with Crippen LogP contribution in [0, 0.1) is 23.4 Å². The lowest BCUT2D eigenvalue weighted by molar-refractivity contribution is 0.442. The Morgan fingerprint density at radius 2 is 1.59 bits per heavy atom. The summed E-state index contributed by atoms with van der Waals surface area (Å²) >= 11 is 0. The Balaban J connectivity index is 2.55. The molecule has 0 amide bonds. The average Bonchev–Trinajstić information content (AvgIpc) is 2.31. The zero-order chi connectivity index (χ0) is 12.8. The first-order chi connectivity index (χ1) is 8.08. The summed E-state index contributed by atoms with van der Waals surface area (Å²) in [7, 11) is 0. The fraction of sp³-hybridized carbons (Fsp3) is 0.538. The summed E-state index contributed by atoms with van der Waals surface area (Å²) in [6, 6.07) is 1.49. The normalized spacial score (nSPS) is 11.2. The summed E-state index contributed by atoms with van der Waals surface area (Å²) in [5, 5.41) is 3.06. The molecule has 0 heterocycles. The molecule has 0 radical (unpaired) electrons. The van der Waals surface area contributed by atoms with Crippen molar-refractivity contribution in [2.24, 2.45) is 5.92 Å². The molecule has 96 valence electrons. The Kier molecular flexibility index (Phi) is 5.48. The Morgan fingerprint density at radius 3 is 2.18 bits per heavy atom. The van der Waals surface area contributed by atoms with Gasteiger partial charge in [-0.2, -0.15) is 0 Å². The molecule has 0 saturated heterocycles. The second-order valence-corrected chi connectivity index (χ2v) is 4.17. The quantitative estimate of drug-likeness (QED) is 0.755. The van der Waals surface area contributed by atoms with Gasteiger partial charge in [-0.25, -0.2) is 13.2 Å². The molecule has 0 aromatic heterocycles. The lowest BCUT2D eigenvalue weighted by Crippen LogP contribution is -2.22. The fourth-order valence-electron chi connectivity index (χ4n) is 1.69. The van der Waals surface area contributed by atoms with Crippen LogP contribution in [-0.4, -0.2) is 6.54 Å². The molecule has 1 rings (SSSR count). The molecular weight excluding hydrogens is 227 g/mol. The maximum Gasteiger partial charge on any atom is 0.161 e. The zero-order valence-electron chi connectivity index (χ0n) is 10.2. The average molecular weight is 245 g/mol. The number of rotatable bonds is 6. The van der Waals surface area contributed by atoms with E-state index in [1.807, 2.05) is 0 Å². The van der Waals surface area contributed by atoms with Gasteiger partial charge in [0, 0.05) is 18.2 Å². The van der Waals surface area contributed by atoms with Gasteiger partial charge in [0.2, 0.25) is 0 Å². The third-order valence-electron chi connectivity index (χ3n) is 2.99. The van der Waals surface area contributed by atoms with Crippen molar-refractivity contribution in [2.45, 2.75) is 33.2 Å². The first-order valence-corrected chi connectivity index (χ1v) is 5.92. The van der Waals surface area contributed by atoms with E-state index < -0.39 is 17.5 Å². The highest BCUT2D eigenvalue weighted by Gasteiger charge is 2.10. The summed E-state index contributed by atoms with van der Waals surface area (Å²) < 4.78 is 38.9. The second-order valence-electron chi connectivity index (χ2n) is 4.17. The van der Waals surface area contributed by atoms with E-state index in [4.69, 9.17) is 0 Å². The zero-order valence-corrected chi connectivity index (χ0v) is 10.2. The SMILES string of the molecule is CCC(CC)CNCc1cc(F)c(F)cc1F. The molecule has 1 aromatic carbocycles. The van der Waals surface area contributed by atoms with Crippen molar-refractivity contribution in [1.82, 2.24) is 5.32 Å². The molecule has 1 aromatic rings. The molecular formula is C13H18F3N. The fourth-order valence-corrected chi connectivity index (χ4v) is 1.69.